The van der Waals surface area contributed by atoms with Crippen molar-refractivity contribution in [1.29, 1.82) is 0 Å². The van der Waals surface area contributed by atoms with Crippen LogP contribution in [0, 0.1) is 5.92 Å². The molecular weight excluding hydrogens is 184 g/mol. The van der Waals surface area contributed by atoms with Gasteiger partial charge in [-0.15, -0.1) is 0 Å². The van der Waals surface area contributed by atoms with Crippen LogP contribution in [0.5, 0.6) is 0 Å². The van der Waals surface area contributed by atoms with Crippen molar-refractivity contribution in [2.45, 2.75) is 26.1 Å². The Morgan fingerprint density at radius 2 is 1.80 bits per heavy atom. The van der Waals surface area contributed by atoms with E-state index < -0.39 is 0 Å². The predicted molar refractivity (Wildman–Crippen MR) is 61.5 cm³/mol. The summed E-state index contributed by atoms with van der Waals surface area (Å²) in [5.74, 6) is 0.791. The lowest BCUT2D eigenvalue weighted by atomic mass is 10.1. The summed E-state index contributed by atoms with van der Waals surface area (Å²) in [4.78, 5) is 2.62. The van der Waals surface area contributed by atoms with E-state index in [0.29, 0.717) is 0 Å². The van der Waals surface area contributed by atoms with Gasteiger partial charge in [-0.25, -0.2) is 0 Å². The first-order valence-corrected chi connectivity index (χ1v) is 5.86. The molecule has 0 saturated carbocycles. The normalized spacial score (nSPS) is 30.7. The zero-order valence-corrected chi connectivity index (χ0v) is 9.24. The molecule has 3 rings (SSSR count). The van der Waals surface area contributed by atoms with Gasteiger partial charge in [0.05, 0.1) is 0 Å². The van der Waals surface area contributed by atoms with Crippen molar-refractivity contribution in [3.05, 3.63) is 35.4 Å². The Bertz CT molecular complexity index is 336. The van der Waals surface area contributed by atoms with E-state index in [1.807, 2.05) is 0 Å². The highest BCUT2D eigenvalue weighted by Crippen LogP contribution is 2.27. The molecule has 15 heavy (non-hydrogen) atoms. The highest BCUT2D eigenvalue weighted by molar-refractivity contribution is 5.30. The van der Waals surface area contributed by atoms with Crippen molar-refractivity contribution in [3.8, 4) is 0 Å². The number of hydrogen-bond acceptors (Lipinski definition) is 2. The Labute approximate surface area is 91.3 Å². The molecule has 1 aromatic carbocycles. The maximum absolute atomic E-state index is 3.48. The summed E-state index contributed by atoms with van der Waals surface area (Å²) in [7, 11) is 0. The van der Waals surface area contributed by atoms with Gasteiger partial charge in [0, 0.05) is 25.7 Å². The van der Waals surface area contributed by atoms with Crippen LogP contribution in [0.4, 0.5) is 0 Å². The molecule has 0 amide bonds. The van der Waals surface area contributed by atoms with Crippen LogP contribution < -0.4 is 5.32 Å². The van der Waals surface area contributed by atoms with Gasteiger partial charge >= 0.3 is 0 Å². The molecule has 0 spiro atoms. The van der Waals surface area contributed by atoms with Crippen LogP contribution in [0.1, 0.15) is 18.1 Å². The standard InChI is InChI=1S/C13H18N2/c1-10-6-14-7-13(10)15-8-11-4-2-3-5-12(11)9-15/h2-5,10,13-14H,6-9H2,1H3. The molecule has 2 heteroatoms. The summed E-state index contributed by atoms with van der Waals surface area (Å²) in [5.41, 5.74) is 3.05. The van der Waals surface area contributed by atoms with Crippen molar-refractivity contribution >= 4 is 0 Å². The molecule has 0 radical (unpaired) electrons. The predicted octanol–water partition coefficient (Wildman–Crippen LogP) is 1.61. The maximum atomic E-state index is 3.48. The molecular formula is C13H18N2. The maximum Gasteiger partial charge on any atom is 0.0265 e. The van der Waals surface area contributed by atoms with Gasteiger partial charge in [-0.3, -0.25) is 4.90 Å². The zero-order valence-electron chi connectivity index (χ0n) is 9.24. The van der Waals surface area contributed by atoms with E-state index >= 15 is 0 Å². The number of nitrogens with one attached hydrogen (secondary N) is 1. The van der Waals surface area contributed by atoms with Crippen LogP contribution >= 0.6 is 0 Å². The van der Waals surface area contributed by atoms with Crippen molar-refractivity contribution < 1.29 is 0 Å². The second-order valence-electron chi connectivity index (χ2n) is 4.88. The average molecular weight is 202 g/mol. The molecule has 0 aliphatic carbocycles. The number of fused-ring (bicyclic) bond motifs is 1. The van der Waals surface area contributed by atoms with Gasteiger partial charge in [-0.2, -0.15) is 0 Å². The fourth-order valence-electron chi connectivity index (χ4n) is 2.88. The fourth-order valence-corrected chi connectivity index (χ4v) is 2.88. The summed E-state index contributed by atoms with van der Waals surface area (Å²) in [6, 6.07) is 9.57. The Hall–Kier alpha value is -0.860. The molecule has 0 aromatic heterocycles. The van der Waals surface area contributed by atoms with E-state index in [1.54, 1.807) is 0 Å². The van der Waals surface area contributed by atoms with E-state index in [2.05, 4.69) is 41.4 Å². The van der Waals surface area contributed by atoms with Crippen molar-refractivity contribution in [2.75, 3.05) is 13.1 Å². The first kappa shape index (κ1) is 9.37. The van der Waals surface area contributed by atoms with Crippen LogP contribution in [0.2, 0.25) is 0 Å². The first-order chi connectivity index (χ1) is 7.34. The van der Waals surface area contributed by atoms with Crippen LogP contribution in [-0.4, -0.2) is 24.0 Å². The Morgan fingerprint density at radius 1 is 1.13 bits per heavy atom. The fraction of sp³-hybridized carbons (Fsp3) is 0.538. The molecule has 1 saturated heterocycles. The first-order valence-electron chi connectivity index (χ1n) is 5.86. The lowest BCUT2D eigenvalue weighted by molar-refractivity contribution is 0.180. The molecule has 1 aromatic rings. The number of nitrogens with zero attached hydrogens (tertiary/aromatic N) is 1. The van der Waals surface area contributed by atoms with Gasteiger partial charge in [0.2, 0.25) is 0 Å². The topological polar surface area (TPSA) is 15.3 Å². The lowest BCUT2D eigenvalue weighted by Crippen LogP contribution is -2.36. The van der Waals surface area contributed by atoms with E-state index in [1.165, 1.54) is 17.7 Å². The zero-order chi connectivity index (χ0) is 10.3. The summed E-state index contributed by atoms with van der Waals surface area (Å²) in [6.45, 7) is 6.99. The lowest BCUT2D eigenvalue weighted by Gasteiger charge is -2.26. The minimum Gasteiger partial charge on any atom is -0.315 e. The van der Waals surface area contributed by atoms with Crippen LogP contribution in [-0.2, 0) is 13.1 Å². The average Bonchev–Trinajstić information content (AvgIpc) is 2.82. The monoisotopic (exact) mass is 202 g/mol. The van der Waals surface area contributed by atoms with Crippen molar-refractivity contribution in [1.82, 2.24) is 10.2 Å². The summed E-state index contributed by atoms with van der Waals surface area (Å²) in [5, 5.41) is 3.48. The van der Waals surface area contributed by atoms with Gasteiger partial charge < -0.3 is 5.32 Å². The Morgan fingerprint density at radius 3 is 2.33 bits per heavy atom. The Balaban J connectivity index is 1.78. The molecule has 0 bridgehead atoms. The largest absolute Gasteiger partial charge is 0.315 e. The molecule has 2 heterocycles. The molecule has 2 aliphatic heterocycles. The van der Waals surface area contributed by atoms with E-state index in [9.17, 15) is 0 Å². The number of rotatable bonds is 1. The molecule has 2 aliphatic rings. The molecule has 2 atom stereocenters. The third-order valence-electron chi connectivity index (χ3n) is 3.81. The minimum atomic E-state index is 0.734. The Kier molecular flexibility index (Phi) is 2.26. The highest BCUT2D eigenvalue weighted by Gasteiger charge is 2.32. The summed E-state index contributed by atoms with van der Waals surface area (Å²) < 4.78 is 0. The van der Waals surface area contributed by atoms with E-state index in [-0.39, 0.29) is 0 Å². The van der Waals surface area contributed by atoms with Gasteiger partial charge in [0.1, 0.15) is 0 Å². The third-order valence-corrected chi connectivity index (χ3v) is 3.81. The summed E-state index contributed by atoms with van der Waals surface area (Å²) in [6.07, 6.45) is 0. The van der Waals surface area contributed by atoms with Gasteiger partial charge in [0.25, 0.3) is 0 Å². The van der Waals surface area contributed by atoms with E-state index in [4.69, 9.17) is 0 Å². The number of benzene rings is 1. The second kappa shape index (κ2) is 3.62. The highest BCUT2D eigenvalue weighted by atomic mass is 15.2. The SMILES string of the molecule is CC1CNCC1N1Cc2ccccc2C1. The molecule has 80 valence electrons. The van der Waals surface area contributed by atoms with Gasteiger partial charge in [0.15, 0.2) is 0 Å². The summed E-state index contributed by atoms with van der Waals surface area (Å²) >= 11 is 0. The van der Waals surface area contributed by atoms with Crippen LogP contribution in [0.15, 0.2) is 24.3 Å². The van der Waals surface area contributed by atoms with E-state index in [0.717, 1.165) is 31.6 Å². The molecule has 1 fully saturated rings. The van der Waals surface area contributed by atoms with Gasteiger partial charge in [-0.1, -0.05) is 31.2 Å². The minimum absolute atomic E-state index is 0.734. The van der Waals surface area contributed by atoms with Crippen molar-refractivity contribution in [3.63, 3.8) is 0 Å². The number of hydrogen-bond donors (Lipinski definition) is 1. The van der Waals surface area contributed by atoms with Gasteiger partial charge in [-0.05, 0) is 23.6 Å². The van der Waals surface area contributed by atoms with Crippen molar-refractivity contribution in [2.24, 2.45) is 5.92 Å². The quantitative estimate of drug-likeness (QED) is 0.744. The smallest absolute Gasteiger partial charge is 0.0265 e. The second-order valence-corrected chi connectivity index (χ2v) is 4.88. The molecule has 2 nitrogen and oxygen atoms in total. The third kappa shape index (κ3) is 1.58. The molecule has 2 unspecified atom stereocenters. The molecule has 1 N–H and O–H groups in total. The van der Waals surface area contributed by atoms with Crippen LogP contribution in [0.3, 0.4) is 0 Å². The van der Waals surface area contributed by atoms with Crippen LogP contribution in [0.25, 0.3) is 0 Å².